The third-order valence-electron chi connectivity index (χ3n) is 6.32. The summed E-state index contributed by atoms with van der Waals surface area (Å²) in [5, 5.41) is 8.61. The van der Waals surface area contributed by atoms with Crippen LogP contribution in [0.1, 0.15) is 28.8 Å². The number of urea groups is 1. The van der Waals surface area contributed by atoms with Crippen LogP contribution in [0.3, 0.4) is 0 Å². The molecule has 1 saturated heterocycles. The third kappa shape index (κ3) is 6.47. The summed E-state index contributed by atoms with van der Waals surface area (Å²) in [5.41, 5.74) is 2.72. The summed E-state index contributed by atoms with van der Waals surface area (Å²) in [4.78, 5) is 40.6. The average molecular weight is 489 g/mol. The Hall–Kier alpha value is -4.20. The number of carbonyl (C=O) groups excluding carboxylic acids is 3. The van der Waals surface area contributed by atoms with Crippen LogP contribution in [0.4, 0.5) is 20.6 Å². The van der Waals surface area contributed by atoms with Gasteiger partial charge >= 0.3 is 6.03 Å². The molecule has 3 aromatic carbocycles. The van der Waals surface area contributed by atoms with Crippen molar-refractivity contribution in [3.05, 3.63) is 95.8 Å². The molecule has 0 radical (unpaired) electrons. The molecule has 186 valence electrons. The number of halogens is 1. The van der Waals surface area contributed by atoms with E-state index in [-0.39, 0.29) is 23.4 Å². The first kappa shape index (κ1) is 24.9. The number of carbonyl (C=O) groups is 3. The van der Waals surface area contributed by atoms with E-state index < -0.39 is 17.8 Å². The van der Waals surface area contributed by atoms with Crippen LogP contribution in [-0.4, -0.2) is 41.9 Å². The number of rotatable bonds is 6. The van der Waals surface area contributed by atoms with Gasteiger partial charge in [0, 0.05) is 30.0 Å². The van der Waals surface area contributed by atoms with E-state index in [1.54, 1.807) is 17.0 Å². The lowest BCUT2D eigenvalue weighted by Crippen LogP contribution is -2.52. The first-order valence-electron chi connectivity index (χ1n) is 11.9. The summed E-state index contributed by atoms with van der Waals surface area (Å²) in [6.07, 6.45) is 1.08. The van der Waals surface area contributed by atoms with Gasteiger partial charge in [-0.05, 0) is 74.2 Å². The first-order chi connectivity index (χ1) is 17.4. The number of nitrogens with zero attached hydrogens (tertiary/aromatic N) is 1. The van der Waals surface area contributed by atoms with Crippen LogP contribution in [0.2, 0.25) is 0 Å². The minimum Gasteiger partial charge on any atom is -0.340 e. The fourth-order valence-electron chi connectivity index (χ4n) is 4.24. The number of aryl methyl sites for hydroxylation is 1. The molecule has 1 fully saturated rings. The highest BCUT2D eigenvalue weighted by Crippen LogP contribution is 2.23. The molecule has 1 aliphatic heterocycles. The summed E-state index contributed by atoms with van der Waals surface area (Å²) in [7, 11) is 0. The number of nitrogens with one attached hydrogen (secondary N) is 3. The van der Waals surface area contributed by atoms with Gasteiger partial charge in [0.25, 0.3) is 5.91 Å². The molecular weight excluding hydrogens is 459 g/mol. The normalized spacial score (nSPS) is 14.6. The molecule has 0 spiro atoms. The number of piperidine rings is 1. The van der Waals surface area contributed by atoms with Crippen molar-refractivity contribution in [2.75, 3.05) is 23.7 Å². The Bertz CT molecular complexity index is 1190. The zero-order chi connectivity index (χ0) is 25.5. The molecule has 1 heterocycles. The van der Waals surface area contributed by atoms with Gasteiger partial charge in [0.2, 0.25) is 5.91 Å². The molecule has 7 nitrogen and oxygen atoms in total. The van der Waals surface area contributed by atoms with Gasteiger partial charge < -0.3 is 20.9 Å². The molecular formula is C28H29FN4O3. The number of hydrogen-bond acceptors (Lipinski definition) is 3. The topological polar surface area (TPSA) is 90.5 Å². The Kier molecular flexibility index (Phi) is 7.95. The van der Waals surface area contributed by atoms with Gasteiger partial charge in [-0.15, -0.1) is 0 Å². The zero-order valence-electron chi connectivity index (χ0n) is 20.0. The number of para-hydroxylation sites is 1. The highest BCUT2D eigenvalue weighted by Gasteiger charge is 2.34. The highest BCUT2D eigenvalue weighted by atomic mass is 19.1. The van der Waals surface area contributed by atoms with Crippen LogP contribution in [-0.2, 0) is 4.79 Å². The van der Waals surface area contributed by atoms with Crippen molar-refractivity contribution in [1.82, 2.24) is 10.2 Å². The molecule has 1 aliphatic rings. The molecule has 36 heavy (non-hydrogen) atoms. The first-order valence-corrected chi connectivity index (χ1v) is 11.9. The van der Waals surface area contributed by atoms with Crippen LogP contribution in [0.15, 0.2) is 78.9 Å². The Balaban J connectivity index is 1.42. The molecule has 0 unspecified atom stereocenters. The van der Waals surface area contributed by atoms with Gasteiger partial charge in [-0.1, -0.05) is 35.9 Å². The second-order valence-electron chi connectivity index (χ2n) is 8.93. The Morgan fingerprint density at radius 2 is 1.44 bits per heavy atom. The lowest BCUT2D eigenvalue weighted by atomic mass is 9.88. The van der Waals surface area contributed by atoms with E-state index in [2.05, 4.69) is 16.0 Å². The van der Waals surface area contributed by atoms with Gasteiger partial charge in [-0.2, -0.15) is 0 Å². The molecule has 0 bridgehead atoms. The van der Waals surface area contributed by atoms with Crippen LogP contribution in [0.25, 0.3) is 0 Å². The van der Waals surface area contributed by atoms with E-state index in [1.807, 2.05) is 49.4 Å². The van der Waals surface area contributed by atoms with Crippen molar-refractivity contribution in [3.8, 4) is 0 Å². The predicted molar refractivity (Wildman–Crippen MR) is 137 cm³/mol. The van der Waals surface area contributed by atoms with Crippen molar-refractivity contribution in [3.63, 3.8) is 0 Å². The lowest BCUT2D eigenvalue weighted by molar-refractivity contribution is -0.119. The summed E-state index contributed by atoms with van der Waals surface area (Å²) < 4.78 is 13.3. The van der Waals surface area contributed by atoms with Gasteiger partial charge in [0.15, 0.2) is 0 Å². The number of hydrogen-bond donors (Lipinski definition) is 3. The SMILES string of the molecule is Cc1ccc(NC(=O)N2CCC([C@H](NC(=O)c3ccc(F)cc3)C(=O)Nc3ccccc3)CC2)cc1. The standard InChI is InChI=1S/C28H29FN4O3/c1-19-7-13-24(14-8-19)31-28(36)33-17-15-20(16-18-33)25(27(35)30-23-5-3-2-4-6-23)32-26(34)21-9-11-22(29)12-10-21/h2-14,20,25H,15-18H2,1H3,(H,30,35)(H,31,36)(H,32,34)/t25-/m0/s1. The molecule has 0 aromatic heterocycles. The summed E-state index contributed by atoms with van der Waals surface area (Å²) in [5.74, 6) is -1.41. The minimum absolute atomic E-state index is 0.179. The number of amides is 4. The maximum Gasteiger partial charge on any atom is 0.321 e. The molecule has 4 amide bonds. The molecule has 8 heteroatoms. The van der Waals surface area contributed by atoms with Crippen LogP contribution in [0.5, 0.6) is 0 Å². The van der Waals surface area contributed by atoms with Crippen molar-refractivity contribution in [2.45, 2.75) is 25.8 Å². The number of likely N-dealkylation sites (tertiary alicyclic amines) is 1. The Morgan fingerprint density at radius 1 is 0.833 bits per heavy atom. The predicted octanol–water partition coefficient (Wildman–Crippen LogP) is 4.82. The van der Waals surface area contributed by atoms with Gasteiger partial charge in [0.1, 0.15) is 11.9 Å². The summed E-state index contributed by atoms with van der Waals surface area (Å²) in [6.45, 7) is 2.88. The van der Waals surface area contributed by atoms with Gasteiger partial charge in [-0.25, -0.2) is 9.18 Å². The van der Waals surface area contributed by atoms with E-state index in [4.69, 9.17) is 0 Å². The number of benzene rings is 3. The van der Waals surface area contributed by atoms with E-state index in [0.29, 0.717) is 31.6 Å². The van der Waals surface area contributed by atoms with E-state index in [1.165, 1.54) is 24.3 Å². The maximum atomic E-state index is 13.3. The van der Waals surface area contributed by atoms with E-state index >= 15 is 0 Å². The van der Waals surface area contributed by atoms with Crippen molar-refractivity contribution in [2.24, 2.45) is 5.92 Å². The third-order valence-corrected chi connectivity index (χ3v) is 6.32. The molecule has 3 N–H and O–H groups in total. The monoisotopic (exact) mass is 488 g/mol. The largest absolute Gasteiger partial charge is 0.340 e. The maximum absolute atomic E-state index is 13.3. The molecule has 3 aromatic rings. The second-order valence-corrected chi connectivity index (χ2v) is 8.93. The van der Waals surface area contributed by atoms with Crippen LogP contribution >= 0.6 is 0 Å². The fourth-order valence-corrected chi connectivity index (χ4v) is 4.24. The molecule has 4 rings (SSSR count). The van der Waals surface area contributed by atoms with Crippen LogP contribution < -0.4 is 16.0 Å². The summed E-state index contributed by atoms with van der Waals surface area (Å²) >= 11 is 0. The zero-order valence-corrected chi connectivity index (χ0v) is 20.0. The van der Waals surface area contributed by atoms with Crippen molar-refractivity contribution in [1.29, 1.82) is 0 Å². The van der Waals surface area contributed by atoms with E-state index in [0.717, 1.165) is 11.3 Å². The smallest absolute Gasteiger partial charge is 0.321 e. The van der Waals surface area contributed by atoms with Gasteiger partial charge in [0.05, 0.1) is 0 Å². The Morgan fingerprint density at radius 3 is 2.08 bits per heavy atom. The molecule has 0 aliphatic carbocycles. The second kappa shape index (κ2) is 11.5. The van der Waals surface area contributed by atoms with Crippen molar-refractivity contribution < 1.29 is 18.8 Å². The molecule has 0 saturated carbocycles. The van der Waals surface area contributed by atoms with Crippen molar-refractivity contribution >= 4 is 29.2 Å². The quantitative estimate of drug-likeness (QED) is 0.465. The fraction of sp³-hybridized carbons (Fsp3) is 0.250. The van der Waals surface area contributed by atoms with Crippen LogP contribution in [0, 0.1) is 18.7 Å². The minimum atomic E-state index is -0.815. The Labute approximate surface area is 209 Å². The van der Waals surface area contributed by atoms with Gasteiger partial charge in [-0.3, -0.25) is 9.59 Å². The lowest BCUT2D eigenvalue weighted by Gasteiger charge is -2.35. The summed E-state index contributed by atoms with van der Waals surface area (Å²) in [6, 6.07) is 20.8. The average Bonchev–Trinajstić information content (AvgIpc) is 2.89. The molecule has 1 atom stereocenters. The number of anilines is 2. The van der Waals surface area contributed by atoms with E-state index in [9.17, 15) is 18.8 Å². The highest BCUT2D eigenvalue weighted by molar-refractivity contribution is 6.01.